The van der Waals surface area contributed by atoms with E-state index in [1.165, 1.54) is 0 Å². The summed E-state index contributed by atoms with van der Waals surface area (Å²) >= 11 is 6.69. The van der Waals surface area contributed by atoms with Gasteiger partial charge < -0.3 is 25.2 Å². The Kier molecular flexibility index (Phi) is 6.41. The fraction of sp³-hybridized carbons (Fsp3) is 0.524. The van der Waals surface area contributed by atoms with Crippen molar-refractivity contribution in [2.75, 3.05) is 6.61 Å². The molecular weight excluding hydrogens is 368 g/mol. The second-order valence-corrected chi connectivity index (χ2v) is 7.91. The van der Waals surface area contributed by atoms with E-state index in [9.17, 15) is 20.4 Å². The zero-order chi connectivity index (χ0) is 19.7. The highest BCUT2D eigenvalue weighted by atomic mass is 35.5. The highest BCUT2D eigenvalue weighted by molar-refractivity contribution is 6.23. The van der Waals surface area contributed by atoms with Gasteiger partial charge in [0.2, 0.25) is 0 Å². The number of hydrogen-bond acceptors (Lipinski definition) is 5. The quantitative estimate of drug-likeness (QED) is 0.582. The number of ether oxygens (including phenoxy) is 1. The van der Waals surface area contributed by atoms with Crippen LogP contribution >= 0.6 is 11.6 Å². The van der Waals surface area contributed by atoms with Crippen molar-refractivity contribution in [2.24, 2.45) is 5.92 Å². The fourth-order valence-electron chi connectivity index (χ4n) is 3.91. The highest BCUT2D eigenvalue weighted by Crippen LogP contribution is 2.39. The van der Waals surface area contributed by atoms with E-state index in [1.54, 1.807) is 0 Å². The first-order valence-electron chi connectivity index (χ1n) is 9.23. The van der Waals surface area contributed by atoms with E-state index in [0.717, 1.165) is 28.7 Å². The summed E-state index contributed by atoms with van der Waals surface area (Å²) in [5.41, 5.74) is 3.81. The molecule has 5 nitrogen and oxygen atoms in total. The van der Waals surface area contributed by atoms with Crippen molar-refractivity contribution in [1.82, 2.24) is 0 Å². The largest absolute Gasteiger partial charge is 0.394 e. The molecular formula is C21H27ClO5. The Morgan fingerprint density at radius 1 is 1.00 bits per heavy atom. The number of aliphatic hydroxyl groups is 4. The Balaban J connectivity index is 1.92. The third-order valence-electron chi connectivity index (χ3n) is 5.72. The van der Waals surface area contributed by atoms with Crippen LogP contribution < -0.4 is 0 Å². The standard InChI is InChI=1S/C21H27ClO5/c1-11-12(2)17(22)14(8-13-6-4-3-5-7-13)9-15(11)21-20(26)19(25)18(24)16(10-23)27-21/h3-7,9,14,16-21,23-26H,8,10H2,1-2H3. The van der Waals surface area contributed by atoms with Crippen LogP contribution in [0.3, 0.4) is 0 Å². The summed E-state index contributed by atoms with van der Waals surface area (Å²) in [6, 6.07) is 10.0. The lowest BCUT2D eigenvalue weighted by Crippen LogP contribution is -2.59. The van der Waals surface area contributed by atoms with E-state index in [-0.39, 0.29) is 11.3 Å². The number of benzene rings is 1. The molecule has 3 rings (SSSR count). The van der Waals surface area contributed by atoms with Gasteiger partial charge in [-0.3, -0.25) is 0 Å². The summed E-state index contributed by atoms with van der Waals surface area (Å²) in [6.45, 7) is 3.43. The normalized spacial score (nSPS) is 37.3. The molecule has 27 heavy (non-hydrogen) atoms. The monoisotopic (exact) mass is 394 g/mol. The maximum atomic E-state index is 10.5. The van der Waals surface area contributed by atoms with Gasteiger partial charge in [-0.15, -0.1) is 11.6 Å². The Morgan fingerprint density at radius 3 is 2.30 bits per heavy atom. The molecule has 0 spiro atoms. The summed E-state index contributed by atoms with van der Waals surface area (Å²) < 4.78 is 5.77. The average Bonchev–Trinajstić information content (AvgIpc) is 2.68. The third-order valence-corrected chi connectivity index (χ3v) is 6.37. The predicted molar refractivity (Wildman–Crippen MR) is 104 cm³/mol. The fourth-order valence-corrected chi connectivity index (χ4v) is 4.24. The summed E-state index contributed by atoms with van der Waals surface area (Å²) in [5, 5.41) is 40.0. The second-order valence-electron chi connectivity index (χ2n) is 7.43. The maximum absolute atomic E-state index is 10.5. The molecule has 1 heterocycles. The molecule has 7 unspecified atom stereocenters. The molecule has 1 aliphatic carbocycles. The van der Waals surface area contributed by atoms with Crippen molar-refractivity contribution in [3.05, 3.63) is 58.7 Å². The molecule has 0 aromatic heterocycles. The van der Waals surface area contributed by atoms with Gasteiger partial charge in [-0.2, -0.15) is 0 Å². The number of halogens is 1. The van der Waals surface area contributed by atoms with Gasteiger partial charge in [-0.05, 0) is 37.0 Å². The minimum absolute atomic E-state index is 0.000126. The van der Waals surface area contributed by atoms with Gasteiger partial charge in [0.05, 0.1) is 12.0 Å². The molecule has 7 atom stereocenters. The molecule has 4 N–H and O–H groups in total. The van der Waals surface area contributed by atoms with Gasteiger partial charge in [0.1, 0.15) is 30.5 Å². The average molecular weight is 395 g/mol. The van der Waals surface area contributed by atoms with Crippen LogP contribution in [0.2, 0.25) is 0 Å². The Morgan fingerprint density at radius 2 is 1.67 bits per heavy atom. The van der Waals surface area contributed by atoms with Gasteiger partial charge in [-0.1, -0.05) is 42.0 Å². The molecule has 148 valence electrons. The minimum Gasteiger partial charge on any atom is -0.394 e. The number of allylic oxidation sites excluding steroid dienone is 2. The molecule has 0 amide bonds. The van der Waals surface area contributed by atoms with E-state index in [4.69, 9.17) is 16.3 Å². The molecule has 1 fully saturated rings. The Bertz CT molecular complexity index is 715. The first-order chi connectivity index (χ1) is 12.8. The van der Waals surface area contributed by atoms with Crippen LogP contribution in [0.1, 0.15) is 19.4 Å². The zero-order valence-electron chi connectivity index (χ0n) is 15.5. The SMILES string of the molecule is CC1=C(C)C(Cl)C(Cc2ccccc2)C=C1C1OC(CO)C(O)C(O)C1O. The second kappa shape index (κ2) is 8.43. The summed E-state index contributed by atoms with van der Waals surface area (Å²) in [5.74, 6) is 0.000126. The molecule has 2 aliphatic rings. The highest BCUT2D eigenvalue weighted by Gasteiger charge is 2.46. The molecule has 0 bridgehead atoms. The van der Waals surface area contributed by atoms with Crippen LogP contribution in [0.4, 0.5) is 0 Å². The number of hydrogen-bond donors (Lipinski definition) is 4. The zero-order valence-corrected chi connectivity index (χ0v) is 16.3. The van der Waals surface area contributed by atoms with Crippen LogP contribution in [0.15, 0.2) is 53.1 Å². The lowest BCUT2D eigenvalue weighted by atomic mass is 9.78. The molecule has 0 radical (unpaired) electrons. The van der Waals surface area contributed by atoms with Crippen molar-refractivity contribution in [2.45, 2.75) is 56.2 Å². The van der Waals surface area contributed by atoms with Gasteiger partial charge in [0.15, 0.2) is 0 Å². The van der Waals surface area contributed by atoms with Gasteiger partial charge in [-0.25, -0.2) is 0 Å². The number of rotatable bonds is 4. The van der Waals surface area contributed by atoms with Crippen molar-refractivity contribution < 1.29 is 25.2 Å². The smallest absolute Gasteiger partial charge is 0.113 e. The van der Waals surface area contributed by atoms with Gasteiger partial charge in [0, 0.05) is 5.92 Å². The van der Waals surface area contributed by atoms with Crippen LogP contribution in [0, 0.1) is 5.92 Å². The maximum Gasteiger partial charge on any atom is 0.113 e. The predicted octanol–water partition coefficient (Wildman–Crippen LogP) is 1.57. The first kappa shape index (κ1) is 20.5. The Hall–Kier alpha value is -1.21. The molecule has 0 saturated carbocycles. The van der Waals surface area contributed by atoms with Gasteiger partial charge >= 0.3 is 0 Å². The first-order valence-corrected chi connectivity index (χ1v) is 9.66. The molecule has 1 saturated heterocycles. The third kappa shape index (κ3) is 3.99. The van der Waals surface area contributed by atoms with Crippen LogP contribution in [-0.2, 0) is 11.2 Å². The van der Waals surface area contributed by atoms with Crippen LogP contribution in [0.25, 0.3) is 0 Å². The van der Waals surface area contributed by atoms with E-state index >= 15 is 0 Å². The summed E-state index contributed by atoms with van der Waals surface area (Å²) in [6.07, 6.45) is -3.07. The van der Waals surface area contributed by atoms with Gasteiger partial charge in [0.25, 0.3) is 0 Å². The van der Waals surface area contributed by atoms with E-state index < -0.39 is 37.1 Å². The lowest BCUT2D eigenvalue weighted by molar-refractivity contribution is -0.219. The Labute approximate surface area is 164 Å². The summed E-state index contributed by atoms with van der Waals surface area (Å²) in [4.78, 5) is 0. The molecule has 1 aromatic carbocycles. The number of aliphatic hydroxyl groups excluding tert-OH is 4. The van der Waals surface area contributed by atoms with Crippen molar-refractivity contribution in [3.63, 3.8) is 0 Å². The molecule has 1 aromatic rings. The van der Waals surface area contributed by atoms with Crippen molar-refractivity contribution in [1.29, 1.82) is 0 Å². The van der Waals surface area contributed by atoms with E-state index in [0.29, 0.717) is 0 Å². The van der Waals surface area contributed by atoms with Crippen LogP contribution in [0.5, 0.6) is 0 Å². The minimum atomic E-state index is -1.39. The van der Waals surface area contributed by atoms with E-state index in [2.05, 4.69) is 0 Å². The topological polar surface area (TPSA) is 90.2 Å². The van der Waals surface area contributed by atoms with E-state index in [1.807, 2.05) is 50.3 Å². The lowest BCUT2D eigenvalue weighted by Gasteiger charge is -2.43. The van der Waals surface area contributed by atoms with Crippen molar-refractivity contribution in [3.8, 4) is 0 Å². The van der Waals surface area contributed by atoms with Crippen LogP contribution in [-0.4, -0.2) is 62.9 Å². The molecule has 6 heteroatoms. The number of alkyl halides is 1. The molecule has 1 aliphatic heterocycles. The van der Waals surface area contributed by atoms with Crippen molar-refractivity contribution >= 4 is 11.6 Å². The summed E-state index contributed by atoms with van der Waals surface area (Å²) in [7, 11) is 0.